The average Bonchev–Trinajstić information content (AvgIpc) is 3.50. The molecule has 2 aliphatic rings. The average molecular weight is 1090 g/mol. The molecule has 8 nitrogen and oxygen atoms in total. The SMILES string of the molecule is CCCCCCCCCCCCCCCC[C@]1(C)CCc2c(C)c(OCCCCCCN=[N+]=[N-])c(C)c(C)c2O1.CCCCCCCCCCCCCCCC[C@]1(C)CCc2c(C)c(OCCCCCCO)c(C)c(C)c2O1. The van der Waals surface area contributed by atoms with Crippen LogP contribution in [0.15, 0.2) is 5.11 Å². The molecule has 2 heterocycles. The number of rotatable bonds is 45. The lowest BCUT2D eigenvalue weighted by molar-refractivity contribution is 0.0518. The topological polar surface area (TPSA) is 106 Å². The normalized spacial score (nSPS) is 16.6. The minimum atomic E-state index is -0.0499. The largest absolute Gasteiger partial charge is 0.493 e. The first kappa shape index (κ1) is 69.2. The summed E-state index contributed by atoms with van der Waals surface area (Å²) in [6.07, 6.45) is 54.3. The molecular formula is C70H123N3O5. The molecule has 4 rings (SSSR count). The van der Waals surface area contributed by atoms with Crippen LogP contribution < -0.4 is 18.9 Å². The van der Waals surface area contributed by atoms with Crippen LogP contribution in [-0.4, -0.2) is 42.7 Å². The number of aliphatic hydroxyl groups excluding tert-OH is 1. The van der Waals surface area contributed by atoms with Crippen molar-refractivity contribution in [2.45, 2.75) is 350 Å². The lowest BCUT2D eigenvalue weighted by Gasteiger charge is -2.38. The van der Waals surface area contributed by atoms with Crippen molar-refractivity contribution in [1.82, 2.24) is 0 Å². The van der Waals surface area contributed by atoms with Gasteiger partial charge in [-0.1, -0.05) is 205 Å². The zero-order chi connectivity index (χ0) is 56.7. The van der Waals surface area contributed by atoms with E-state index in [4.69, 9.17) is 29.6 Å². The molecule has 448 valence electrons. The molecule has 0 saturated carbocycles. The number of ether oxygens (including phenoxy) is 4. The number of hydrogen-bond acceptors (Lipinski definition) is 6. The van der Waals surface area contributed by atoms with Crippen LogP contribution in [0.2, 0.25) is 0 Å². The van der Waals surface area contributed by atoms with Gasteiger partial charge in [-0.2, -0.15) is 0 Å². The first-order valence-corrected chi connectivity index (χ1v) is 33.4. The summed E-state index contributed by atoms with van der Waals surface area (Å²) in [5, 5.41) is 12.6. The zero-order valence-corrected chi connectivity index (χ0v) is 52.9. The Kier molecular flexibility index (Phi) is 37.1. The fraction of sp³-hybridized carbons (Fsp3) is 0.829. The maximum Gasteiger partial charge on any atom is 0.127 e. The number of hydrogen-bond donors (Lipinski definition) is 1. The molecule has 0 radical (unpaired) electrons. The van der Waals surface area contributed by atoms with E-state index in [1.165, 1.54) is 224 Å². The number of aliphatic hydroxyl groups is 1. The minimum absolute atomic E-state index is 0.0388. The third-order valence-corrected chi connectivity index (χ3v) is 18.0. The van der Waals surface area contributed by atoms with Crippen LogP contribution in [0, 0.1) is 41.5 Å². The molecule has 0 unspecified atom stereocenters. The quantitative estimate of drug-likeness (QED) is 0.0308. The van der Waals surface area contributed by atoms with E-state index in [0.717, 1.165) is 126 Å². The van der Waals surface area contributed by atoms with Crippen molar-refractivity contribution in [1.29, 1.82) is 0 Å². The van der Waals surface area contributed by atoms with Crippen molar-refractivity contribution < 1.29 is 24.1 Å². The molecule has 0 aromatic heterocycles. The Morgan fingerprint density at radius 1 is 0.423 bits per heavy atom. The van der Waals surface area contributed by atoms with E-state index >= 15 is 0 Å². The first-order valence-electron chi connectivity index (χ1n) is 33.4. The molecule has 0 saturated heterocycles. The van der Waals surface area contributed by atoms with Gasteiger partial charge in [0.25, 0.3) is 0 Å². The van der Waals surface area contributed by atoms with E-state index in [9.17, 15) is 0 Å². The molecule has 2 atom stereocenters. The van der Waals surface area contributed by atoms with Crippen molar-refractivity contribution in [2.24, 2.45) is 5.11 Å². The van der Waals surface area contributed by atoms with Gasteiger partial charge in [0.05, 0.1) is 13.2 Å². The second kappa shape index (κ2) is 41.8. The number of azide groups is 1. The second-order valence-corrected chi connectivity index (χ2v) is 25.0. The monoisotopic (exact) mass is 1090 g/mol. The molecule has 78 heavy (non-hydrogen) atoms. The minimum Gasteiger partial charge on any atom is -0.493 e. The van der Waals surface area contributed by atoms with Gasteiger partial charge in [0.15, 0.2) is 0 Å². The molecular weight excluding hydrogens is 963 g/mol. The van der Waals surface area contributed by atoms with Gasteiger partial charge >= 0.3 is 0 Å². The summed E-state index contributed by atoms with van der Waals surface area (Å²) in [6.45, 7) is 24.8. The summed E-state index contributed by atoms with van der Waals surface area (Å²) in [4.78, 5) is 2.82. The summed E-state index contributed by atoms with van der Waals surface area (Å²) < 4.78 is 26.2. The molecule has 2 aliphatic heterocycles. The Hall–Kier alpha value is -3.09. The molecule has 0 fully saturated rings. The van der Waals surface area contributed by atoms with Crippen LogP contribution >= 0.6 is 0 Å². The predicted octanol–water partition coefficient (Wildman–Crippen LogP) is 22.3. The third kappa shape index (κ3) is 26.7. The summed E-state index contributed by atoms with van der Waals surface area (Å²) in [5.41, 5.74) is 18.5. The van der Waals surface area contributed by atoms with Gasteiger partial charge in [-0.05, 0) is 178 Å². The molecule has 2 aromatic rings. The van der Waals surface area contributed by atoms with Gasteiger partial charge in [0.1, 0.15) is 34.2 Å². The van der Waals surface area contributed by atoms with E-state index in [0.29, 0.717) is 13.2 Å². The molecule has 2 aromatic carbocycles. The van der Waals surface area contributed by atoms with Crippen LogP contribution in [0.5, 0.6) is 23.0 Å². The van der Waals surface area contributed by atoms with Crippen molar-refractivity contribution in [3.8, 4) is 23.0 Å². The highest BCUT2D eigenvalue weighted by molar-refractivity contribution is 5.60. The van der Waals surface area contributed by atoms with Gasteiger partial charge in [-0.25, -0.2) is 0 Å². The highest BCUT2D eigenvalue weighted by Crippen LogP contribution is 2.47. The first-order chi connectivity index (χ1) is 37.9. The fourth-order valence-electron chi connectivity index (χ4n) is 12.3. The summed E-state index contributed by atoms with van der Waals surface area (Å²) in [6, 6.07) is 0. The van der Waals surface area contributed by atoms with Crippen LogP contribution in [0.3, 0.4) is 0 Å². The Bertz CT molecular complexity index is 1940. The molecule has 0 aliphatic carbocycles. The van der Waals surface area contributed by atoms with Crippen molar-refractivity contribution in [2.75, 3.05) is 26.4 Å². The van der Waals surface area contributed by atoms with Crippen LogP contribution in [0.25, 0.3) is 10.4 Å². The van der Waals surface area contributed by atoms with Gasteiger partial charge in [-0.15, -0.1) is 0 Å². The van der Waals surface area contributed by atoms with Gasteiger partial charge in [0.2, 0.25) is 0 Å². The smallest absolute Gasteiger partial charge is 0.127 e. The van der Waals surface area contributed by atoms with Crippen molar-refractivity contribution in [3.05, 3.63) is 55.0 Å². The molecule has 1 N–H and O–H groups in total. The van der Waals surface area contributed by atoms with Crippen molar-refractivity contribution >= 4 is 0 Å². The van der Waals surface area contributed by atoms with E-state index in [-0.39, 0.29) is 11.2 Å². The Labute approximate surface area is 481 Å². The van der Waals surface area contributed by atoms with E-state index in [1.807, 2.05) is 0 Å². The lowest BCUT2D eigenvalue weighted by Crippen LogP contribution is -2.37. The van der Waals surface area contributed by atoms with Gasteiger partial charge in [-0.3, -0.25) is 0 Å². The highest BCUT2D eigenvalue weighted by atomic mass is 16.5. The molecule has 0 amide bonds. The van der Waals surface area contributed by atoms with Crippen LogP contribution in [-0.2, 0) is 12.8 Å². The van der Waals surface area contributed by atoms with Crippen LogP contribution in [0.1, 0.15) is 329 Å². The van der Waals surface area contributed by atoms with Gasteiger partial charge < -0.3 is 24.1 Å². The fourth-order valence-corrected chi connectivity index (χ4v) is 12.3. The Morgan fingerprint density at radius 2 is 0.731 bits per heavy atom. The van der Waals surface area contributed by atoms with Gasteiger partial charge in [0, 0.05) is 29.2 Å². The zero-order valence-electron chi connectivity index (χ0n) is 52.9. The number of nitrogens with zero attached hydrogens (tertiary/aromatic N) is 3. The number of unbranched alkanes of at least 4 members (excludes halogenated alkanes) is 32. The Morgan fingerprint density at radius 3 is 1.06 bits per heavy atom. The Balaban J connectivity index is 0.000000411. The molecule has 8 heteroatoms. The number of benzene rings is 2. The second-order valence-electron chi connectivity index (χ2n) is 25.0. The van der Waals surface area contributed by atoms with E-state index in [1.54, 1.807) is 0 Å². The maximum atomic E-state index is 8.95. The maximum absolute atomic E-state index is 8.95. The standard InChI is InChI=1S/C35H61N3O2.C35H62O3/c1-6-7-8-9-10-11-12-13-14-15-16-17-18-21-25-35(5)26-24-32-31(4)33(29(2)30(3)34(32)40-35)39-28-23-20-19-22-27-37-38-36;1-6-7-8-9-10-11-12-13-14-15-16-17-18-21-25-35(5)26-24-32-31(4)33(29(2)30(3)34(32)38-35)37-28-23-20-19-22-27-36/h6-28H2,1-5H3;36H,6-28H2,1-5H3/t2*35-/m11/s1. The summed E-state index contributed by atoms with van der Waals surface area (Å²) in [5.74, 6) is 4.39. The summed E-state index contributed by atoms with van der Waals surface area (Å²) in [7, 11) is 0. The van der Waals surface area contributed by atoms with E-state index < -0.39 is 0 Å². The molecule has 0 spiro atoms. The lowest BCUT2D eigenvalue weighted by atomic mass is 9.84. The summed E-state index contributed by atoms with van der Waals surface area (Å²) >= 11 is 0. The van der Waals surface area contributed by atoms with Crippen molar-refractivity contribution in [3.63, 3.8) is 0 Å². The van der Waals surface area contributed by atoms with E-state index in [2.05, 4.69) is 79.3 Å². The number of fused-ring (bicyclic) bond motifs is 2. The highest BCUT2D eigenvalue weighted by Gasteiger charge is 2.36. The molecule has 0 bridgehead atoms. The predicted molar refractivity (Wildman–Crippen MR) is 335 cm³/mol. The van der Waals surface area contributed by atoms with Crippen LogP contribution in [0.4, 0.5) is 0 Å². The third-order valence-electron chi connectivity index (χ3n) is 18.0.